The van der Waals surface area contributed by atoms with Crippen LogP contribution in [-0.2, 0) is 14.6 Å². The molecule has 20 heavy (non-hydrogen) atoms. The zero-order valence-electron chi connectivity index (χ0n) is 10.5. The van der Waals surface area contributed by atoms with Crippen molar-refractivity contribution in [3.05, 3.63) is 24.3 Å². The van der Waals surface area contributed by atoms with Crippen LogP contribution in [0.25, 0.3) is 0 Å². The largest absolute Gasteiger partial charge is 0.480 e. The van der Waals surface area contributed by atoms with Gasteiger partial charge in [-0.3, -0.25) is 0 Å². The van der Waals surface area contributed by atoms with Gasteiger partial charge in [-0.05, 0) is 24.3 Å². The normalized spacial score (nSPS) is 12.5. The molecule has 9 heteroatoms. The topological polar surface area (TPSA) is 133 Å². The molecule has 1 rings (SSSR count). The van der Waals surface area contributed by atoms with Crippen LogP contribution < -0.4 is 10.6 Å². The fraction of sp³-hybridized carbons (Fsp3) is 0.273. The van der Waals surface area contributed by atoms with E-state index >= 15 is 0 Å². The highest BCUT2D eigenvalue weighted by Gasteiger charge is 2.18. The van der Waals surface area contributed by atoms with Gasteiger partial charge in [0, 0.05) is 11.9 Å². The summed E-state index contributed by atoms with van der Waals surface area (Å²) in [5.74, 6) is -1.37. The highest BCUT2D eigenvalue weighted by Crippen LogP contribution is 2.13. The lowest BCUT2D eigenvalue weighted by atomic mass is 10.3. The summed E-state index contributed by atoms with van der Waals surface area (Å²) < 4.78 is 22.5. The fourth-order valence-electron chi connectivity index (χ4n) is 1.30. The number of carbonyl (C=O) groups excluding carboxylic acids is 1. The first-order valence-electron chi connectivity index (χ1n) is 5.45. The van der Waals surface area contributed by atoms with Gasteiger partial charge in [-0.2, -0.15) is 0 Å². The summed E-state index contributed by atoms with van der Waals surface area (Å²) in [6.07, 6.45) is 1.06. The number of amides is 2. The molecule has 2 amide bonds. The van der Waals surface area contributed by atoms with Crippen molar-refractivity contribution in [3.8, 4) is 0 Å². The molecular weight excluding hydrogens is 288 g/mol. The molecule has 0 bridgehead atoms. The summed E-state index contributed by atoms with van der Waals surface area (Å²) in [5, 5.41) is 21.8. The molecule has 110 valence electrons. The quantitative estimate of drug-likeness (QED) is 0.588. The first-order valence-corrected chi connectivity index (χ1v) is 7.34. The van der Waals surface area contributed by atoms with Crippen molar-refractivity contribution in [2.24, 2.45) is 0 Å². The van der Waals surface area contributed by atoms with Crippen molar-refractivity contribution in [1.29, 1.82) is 0 Å². The van der Waals surface area contributed by atoms with E-state index in [1.807, 2.05) is 5.32 Å². The fourth-order valence-corrected chi connectivity index (χ4v) is 1.93. The van der Waals surface area contributed by atoms with Gasteiger partial charge in [-0.1, -0.05) is 0 Å². The second-order valence-electron chi connectivity index (χ2n) is 3.97. The highest BCUT2D eigenvalue weighted by atomic mass is 32.2. The van der Waals surface area contributed by atoms with Gasteiger partial charge in [-0.15, -0.1) is 0 Å². The number of hydrogen-bond acceptors (Lipinski definition) is 5. The molecule has 1 atom stereocenters. The number of aliphatic hydroxyl groups is 1. The summed E-state index contributed by atoms with van der Waals surface area (Å²) in [4.78, 5) is 22.2. The minimum Gasteiger partial charge on any atom is -0.480 e. The second kappa shape index (κ2) is 6.35. The summed E-state index contributed by atoms with van der Waals surface area (Å²) in [6.45, 7) is -0.740. The Balaban J connectivity index is 2.70. The van der Waals surface area contributed by atoms with Crippen LogP contribution in [-0.4, -0.2) is 49.5 Å². The number of aliphatic hydroxyl groups excluding tert-OH is 1. The Morgan fingerprint density at radius 1 is 1.25 bits per heavy atom. The van der Waals surface area contributed by atoms with Crippen LogP contribution in [0, 0.1) is 0 Å². The molecule has 0 saturated heterocycles. The Bertz CT molecular complexity index is 596. The van der Waals surface area contributed by atoms with Gasteiger partial charge >= 0.3 is 12.0 Å². The number of carbonyl (C=O) groups is 2. The Morgan fingerprint density at radius 2 is 1.80 bits per heavy atom. The van der Waals surface area contributed by atoms with Gasteiger partial charge in [0.1, 0.15) is 0 Å². The van der Waals surface area contributed by atoms with Crippen molar-refractivity contribution < 1.29 is 28.2 Å². The van der Waals surface area contributed by atoms with E-state index in [0.717, 1.165) is 6.26 Å². The average molecular weight is 302 g/mol. The van der Waals surface area contributed by atoms with E-state index in [2.05, 4.69) is 5.32 Å². The number of benzene rings is 1. The standard InChI is InChI=1S/C11H14N2O6S/c1-20(18,19)8-4-2-7(3-5-8)12-11(17)13-9(6-14)10(15)16/h2-5,9,14H,6H2,1H3,(H,15,16)(H2,12,13,17)/t9-/m0/s1. The van der Waals surface area contributed by atoms with Crippen molar-refractivity contribution in [2.45, 2.75) is 10.9 Å². The maximum Gasteiger partial charge on any atom is 0.328 e. The Hall–Kier alpha value is -2.13. The first-order chi connectivity index (χ1) is 9.24. The zero-order valence-corrected chi connectivity index (χ0v) is 11.3. The summed E-state index contributed by atoms with van der Waals surface area (Å²) in [5.41, 5.74) is 0.289. The van der Waals surface area contributed by atoms with E-state index in [1.54, 1.807) is 0 Å². The molecule has 0 fully saturated rings. The van der Waals surface area contributed by atoms with Crippen LogP contribution in [0.15, 0.2) is 29.2 Å². The molecule has 1 aromatic carbocycles. The van der Waals surface area contributed by atoms with Crippen molar-refractivity contribution >= 4 is 27.5 Å². The number of urea groups is 1. The Morgan fingerprint density at radius 3 is 2.20 bits per heavy atom. The molecule has 0 aliphatic rings. The highest BCUT2D eigenvalue weighted by molar-refractivity contribution is 7.90. The summed E-state index contributed by atoms with van der Waals surface area (Å²) >= 11 is 0. The number of rotatable bonds is 5. The van der Waals surface area contributed by atoms with Gasteiger partial charge in [0.15, 0.2) is 15.9 Å². The molecule has 0 aliphatic carbocycles. The van der Waals surface area contributed by atoms with Crippen LogP contribution in [0.4, 0.5) is 10.5 Å². The molecule has 0 spiro atoms. The van der Waals surface area contributed by atoms with Crippen molar-refractivity contribution in [3.63, 3.8) is 0 Å². The summed E-state index contributed by atoms with van der Waals surface area (Å²) in [6, 6.07) is 3.12. The second-order valence-corrected chi connectivity index (χ2v) is 5.98. The predicted octanol–water partition coefficient (Wildman–Crippen LogP) is -0.343. The maximum absolute atomic E-state index is 11.5. The lowest BCUT2D eigenvalue weighted by molar-refractivity contribution is -0.140. The molecule has 0 unspecified atom stereocenters. The lowest BCUT2D eigenvalue weighted by Crippen LogP contribution is -2.45. The van der Waals surface area contributed by atoms with Crippen molar-refractivity contribution in [2.75, 3.05) is 18.2 Å². The van der Waals surface area contributed by atoms with E-state index in [0.29, 0.717) is 0 Å². The molecule has 0 saturated carbocycles. The number of carboxylic acids is 1. The minimum absolute atomic E-state index is 0.0993. The number of carboxylic acid groups (broad SMARTS) is 1. The van der Waals surface area contributed by atoms with Gasteiger partial charge in [0.2, 0.25) is 0 Å². The van der Waals surface area contributed by atoms with Gasteiger partial charge in [-0.25, -0.2) is 18.0 Å². The van der Waals surface area contributed by atoms with Crippen LogP contribution >= 0.6 is 0 Å². The Kier molecular flexibility index (Phi) is 5.06. The molecule has 8 nitrogen and oxygen atoms in total. The smallest absolute Gasteiger partial charge is 0.328 e. The van der Waals surface area contributed by atoms with E-state index in [9.17, 15) is 18.0 Å². The maximum atomic E-state index is 11.5. The number of nitrogens with one attached hydrogen (secondary N) is 2. The third-order valence-corrected chi connectivity index (χ3v) is 3.45. The molecule has 4 N–H and O–H groups in total. The molecule has 0 radical (unpaired) electrons. The number of hydrogen-bond donors (Lipinski definition) is 4. The van der Waals surface area contributed by atoms with E-state index < -0.39 is 34.5 Å². The van der Waals surface area contributed by atoms with Gasteiger partial charge in [0.05, 0.1) is 11.5 Å². The predicted molar refractivity (Wildman–Crippen MR) is 70.2 cm³/mol. The van der Waals surface area contributed by atoms with Gasteiger partial charge in [0.25, 0.3) is 0 Å². The third kappa shape index (κ3) is 4.52. The van der Waals surface area contributed by atoms with E-state index in [4.69, 9.17) is 10.2 Å². The monoisotopic (exact) mass is 302 g/mol. The molecular formula is C11H14N2O6S. The third-order valence-electron chi connectivity index (χ3n) is 2.33. The SMILES string of the molecule is CS(=O)(=O)c1ccc(NC(=O)N[C@@H](CO)C(=O)O)cc1. The van der Waals surface area contributed by atoms with E-state index in [-0.39, 0.29) is 10.6 Å². The van der Waals surface area contributed by atoms with Crippen LogP contribution in [0.3, 0.4) is 0 Å². The van der Waals surface area contributed by atoms with Crippen molar-refractivity contribution in [1.82, 2.24) is 5.32 Å². The Labute approximate surface area is 115 Å². The summed E-state index contributed by atoms with van der Waals surface area (Å²) in [7, 11) is -3.32. The number of sulfone groups is 1. The number of aliphatic carboxylic acids is 1. The average Bonchev–Trinajstić information content (AvgIpc) is 2.35. The minimum atomic E-state index is -3.32. The van der Waals surface area contributed by atoms with Crippen LogP contribution in [0.5, 0.6) is 0 Å². The van der Waals surface area contributed by atoms with E-state index in [1.165, 1.54) is 24.3 Å². The van der Waals surface area contributed by atoms with Crippen LogP contribution in [0.2, 0.25) is 0 Å². The molecule has 1 aromatic rings. The zero-order chi connectivity index (χ0) is 15.3. The molecule has 0 aliphatic heterocycles. The first kappa shape index (κ1) is 15.9. The lowest BCUT2D eigenvalue weighted by Gasteiger charge is -2.12. The molecule has 0 aromatic heterocycles. The number of anilines is 1. The molecule has 0 heterocycles. The van der Waals surface area contributed by atoms with Gasteiger partial charge < -0.3 is 20.8 Å². The van der Waals surface area contributed by atoms with Crippen LogP contribution in [0.1, 0.15) is 0 Å².